The lowest BCUT2D eigenvalue weighted by atomic mass is 9.96. The normalized spacial score (nSPS) is 11.8. The molecule has 1 rings (SSSR count). The van der Waals surface area contributed by atoms with Gasteiger partial charge in [-0.15, -0.1) is 0 Å². The molecule has 0 spiro atoms. The Kier molecular flexibility index (Phi) is 5.20. The monoisotopic (exact) mass is 236 g/mol. The number of esters is 1. The molecule has 0 radical (unpaired) electrons. The summed E-state index contributed by atoms with van der Waals surface area (Å²) in [6, 6.07) is 9.65. The predicted molar refractivity (Wildman–Crippen MR) is 62.5 cm³/mol. The number of ether oxygens (including phenoxy) is 1. The van der Waals surface area contributed by atoms with E-state index in [9.17, 15) is 9.59 Å². The SMILES string of the molecule is COC(=O)[C@H](CCc1ccccc1)CC(=O)O. The highest BCUT2D eigenvalue weighted by atomic mass is 16.5. The molecule has 1 aromatic carbocycles. The fourth-order valence-electron chi connectivity index (χ4n) is 1.67. The molecule has 4 heteroatoms. The number of carboxylic acids is 1. The Bertz CT molecular complexity index is 372. The molecule has 0 fully saturated rings. The van der Waals surface area contributed by atoms with Crippen molar-refractivity contribution in [3.63, 3.8) is 0 Å². The van der Waals surface area contributed by atoms with Gasteiger partial charge in [-0.1, -0.05) is 30.3 Å². The number of methoxy groups -OCH3 is 1. The Morgan fingerprint density at radius 2 is 1.94 bits per heavy atom. The van der Waals surface area contributed by atoms with Crippen molar-refractivity contribution >= 4 is 11.9 Å². The average molecular weight is 236 g/mol. The maximum absolute atomic E-state index is 11.4. The fourth-order valence-corrected chi connectivity index (χ4v) is 1.67. The van der Waals surface area contributed by atoms with Gasteiger partial charge in [0.15, 0.2) is 0 Å². The van der Waals surface area contributed by atoms with Crippen molar-refractivity contribution < 1.29 is 19.4 Å². The number of hydrogen-bond acceptors (Lipinski definition) is 3. The van der Waals surface area contributed by atoms with Crippen LogP contribution in [0.4, 0.5) is 0 Å². The van der Waals surface area contributed by atoms with Crippen LogP contribution in [-0.2, 0) is 20.7 Å². The highest BCUT2D eigenvalue weighted by molar-refractivity contribution is 5.78. The van der Waals surface area contributed by atoms with E-state index in [2.05, 4.69) is 4.74 Å². The molecule has 0 saturated heterocycles. The van der Waals surface area contributed by atoms with Crippen LogP contribution in [0.15, 0.2) is 30.3 Å². The molecule has 0 aliphatic heterocycles. The van der Waals surface area contributed by atoms with E-state index < -0.39 is 17.9 Å². The van der Waals surface area contributed by atoms with Gasteiger partial charge in [0.05, 0.1) is 19.4 Å². The summed E-state index contributed by atoms with van der Waals surface area (Å²) in [6.07, 6.45) is 0.983. The molecule has 1 N–H and O–H groups in total. The minimum atomic E-state index is -0.978. The van der Waals surface area contributed by atoms with Crippen LogP contribution in [-0.4, -0.2) is 24.2 Å². The second-order valence-electron chi connectivity index (χ2n) is 3.84. The molecule has 0 amide bonds. The molecule has 1 atom stereocenters. The van der Waals surface area contributed by atoms with Crippen molar-refractivity contribution in [2.45, 2.75) is 19.3 Å². The van der Waals surface area contributed by atoms with Crippen molar-refractivity contribution in [2.24, 2.45) is 5.92 Å². The molecule has 0 bridgehead atoms. The number of carboxylic acid groups (broad SMARTS) is 1. The number of carbonyl (C=O) groups is 2. The van der Waals surface area contributed by atoms with Gasteiger partial charge in [-0.2, -0.15) is 0 Å². The number of aryl methyl sites for hydroxylation is 1. The van der Waals surface area contributed by atoms with Crippen LogP contribution in [0.3, 0.4) is 0 Å². The third-order valence-corrected chi connectivity index (χ3v) is 2.58. The molecule has 92 valence electrons. The first-order valence-corrected chi connectivity index (χ1v) is 5.47. The van der Waals surface area contributed by atoms with Crippen LogP contribution in [0.25, 0.3) is 0 Å². The lowest BCUT2D eigenvalue weighted by Gasteiger charge is -2.12. The quantitative estimate of drug-likeness (QED) is 0.766. The third kappa shape index (κ3) is 4.68. The van der Waals surface area contributed by atoms with Gasteiger partial charge in [-0.3, -0.25) is 9.59 Å². The number of hydrogen-bond donors (Lipinski definition) is 1. The van der Waals surface area contributed by atoms with Crippen LogP contribution in [0, 0.1) is 5.92 Å². The first kappa shape index (κ1) is 13.2. The van der Waals surface area contributed by atoms with Crippen molar-refractivity contribution in [2.75, 3.05) is 7.11 Å². The summed E-state index contributed by atoms with van der Waals surface area (Å²) >= 11 is 0. The van der Waals surface area contributed by atoms with Gasteiger partial charge in [0.25, 0.3) is 0 Å². The van der Waals surface area contributed by atoms with E-state index in [4.69, 9.17) is 5.11 Å². The zero-order valence-electron chi connectivity index (χ0n) is 9.76. The number of aliphatic carboxylic acids is 1. The highest BCUT2D eigenvalue weighted by Gasteiger charge is 2.21. The van der Waals surface area contributed by atoms with Gasteiger partial charge in [0.2, 0.25) is 0 Å². The molecular formula is C13H16O4. The maximum Gasteiger partial charge on any atom is 0.309 e. The summed E-state index contributed by atoms with van der Waals surface area (Å²) in [5.41, 5.74) is 1.09. The number of rotatable bonds is 6. The van der Waals surface area contributed by atoms with E-state index in [-0.39, 0.29) is 6.42 Å². The molecule has 0 saturated carbocycles. The summed E-state index contributed by atoms with van der Waals surface area (Å²) in [7, 11) is 1.28. The fraction of sp³-hybridized carbons (Fsp3) is 0.385. The maximum atomic E-state index is 11.4. The van der Waals surface area contributed by atoms with E-state index >= 15 is 0 Å². The van der Waals surface area contributed by atoms with Gasteiger partial charge in [-0.25, -0.2) is 0 Å². The summed E-state index contributed by atoms with van der Waals surface area (Å²) in [5, 5.41) is 8.72. The number of carbonyl (C=O) groups excluding carboxylic acids is 1. The zero-order chi connectivity index (χ0) is 12.7. The Labute approximate surface area is 100 Å². The molecule has 0 aliphatic carbocycles. The van der Waals surface area contributed by atoms with E-state index in [0.29, 0.717) is 12.8 Å². The van der Waals surface area contributed by atoms with Crippen molar-refractivity contribution in [1.29, 1.82) is 0 Å². The Morgan fingerprint density at radius 1 is 1.29 bits per heavy atom. The third-order valence-electron chi connectivity index (χ3n) is 2.58. The molecule has 4 nitrogen and oxygen atoms in total. The lowest BCUT2D eigenvalue weighted by molar-refractivity contribution is -0.150. The Hall–Kier alpha value is -1.84. The van der Waals surface area contributed by atoms with Gasteiger partial charge in [0.1, 0.15) is 0 Å². The highest BCUT2D eigenvalue weighted by Crippen LogP contribution is 2.15. The second kappa shape index (κ2) is 6.68. The minimum Gasteiger partial charge on any atom is -0.481 e. The lowest BCUT2D eigenvalue weighted by Crippen LogP contribution is -2.20. The topological polar surface area (TPSA) is 63.6 Å². The first-order chi connectivity index (χ1) is 8.13. The standard InChI is InChI=1S/C13H16O4/c1-17-13(16)11(9-12(14)15)8-7-10-5-3-2-4-6-10/h2-6,11H,7-9H2,1H3,(H,14,15)/t11-/m1/s1. The van der Waals surface area contributed by atoms with E-state index in [1.54, 1.807) is 0 Å². The molecule has 0 aliphatic rings. The Morgan fingerprint density at radius 3 is 2.47 bits per heavy atom. The molecule has 0 aromatic heterocycles. The van der Waals surface area contributed by atoms with Crippen LogP contribution in [0.1, 0.15) is 18.4 Å². The second-order valence-corrected chi connectivity index (χ2v) is 3.84. The zero-order valence-corrected chi connectivity index (χ0v) is 9.76. The van der Waals surface area contributed by atoms with Crippen LogP contribution in [0.2, 0.25) is 0 Å². The molecule has 1 aromatic rings. The van der Waals surface area contributed by atoms with E-state index in [1.165, 1.54) is 7.11 Å². The summed E-state index contributed by atoms with van der Waals surface area (Å²) in [4.78, 5) is 22.0. The number of benzene rings is 1. The van der Waals surface area contributed by atoms with Crippen molar-refractivity contribution in [3.05, 3.63) is 35.9 Å². The van der Waals surface area contributed by atoms with Crippen LogP contribution < -0.4 is 0 Å². The van der Waals surface area contributed by atoms with Gasteiger partial charge < -0.3 is 9.84 Å². The first-order valence-electron chi connectivity index (χ1n) is 5.47. The average Bonchev–Trinajstić information content (AvgIpc) is 2.34. The van der Waals surface area contributed by atoms with E-state index in [1.807, 2.05) is 30.3 Å². The van der Waals surface area contributed by atoms with Crippen molar-refractivity contribution in [1.82, 2.24) is 0 Å². The molecule has 0 heterocycles. The van der Waals surface area contributed by atoms with Gasteiger partial charge in [0, 0.05) is 0 Å². The summed E-state index contributed by atoms with van der Waals surface area (Å²) in [6.45, 7) is 0. The van der Waals surface area contributed by atoms with E-state index in [0.717, 1.165) is 5.56 Å². The molecular weight excluding hydrogens is 220 g/mol. The van der Waals surface area contributed by atoms with Crippen molar-refractivity contribution in [3.8, 4) is 0 Å². The molecule has 0 unspecified atom stereocenters. The largest absolute Gasteiger partial charge is 0.481 e. The van der Waals surface area contributed by atoms with Gasteiger partial charge >= 0.3 is 11.9 Å². The summed E-state index contributed by atoms with van der Waals surface area (Å²) in [5.74, 6) is -2.01. The van der Waals surface area contributed by atoms with Crippen LogP contribution in [0.5, 0.6) is 0 Å². The summed E-state index contributed by atoms with van der Waals surface area (Å²) < 4.78 is 4.60. The Balaban J connectivity index is 2.55. The van der Waals surface area contributed by atoms with Crippen LogP contribution >= 0.6 is 0 Å². The molecule has 17 heavy (non-hydrogen) atoms. The smallest absolute Gasteiger partial charge is 0.309 e. The minimum absolute atomic E-state index is 0.181. The predicted octanol–water partition coefficient (Wildman–Crippen LogP) is 1.88. The van der Waals surface area contributed by atoms with Gasteiger partial charge in [-0.05, 0) is 18.4 Å².